The van der Waals surface area contributed by atoms with E-state index in [9.17, 15) is 23.2 Å². The summed E-state index contributed by atoms with van der Waals surface area (Å²) in [6.07, 6.45) is 1.75. The summed E-state index contributed by atoms with van der Waals surface area (Å²) < 4.78 is 66.7. The van der Waals surface area contributed by atoms with Gasteiger partial charge in [0.1, 0.15) is 29.8 Å². The van der Waals surface area contributed by atoms with Crippen LogP contribution < -0.4 is 10.7 Å². The van der Waals surface area contributed by atoms with Crippen molar-refractivity contribution in [3.8, 4) is 34.4 Å². The van der Waals surface area contributed by atoms with Gasteiger partial charge in [-0.2, -0.15) is 0 Å². The van der Waals surface area contributed by atoms with E-state index in [0.29, 0.717) is 63.4 Å². The van der Waals surface area contributed by atoms with Gasteiger partial charge in [0.05, 0.1) is 55.7 Å². The number of piperazine rings is 1. The van der Waals surface area contributed by atoms with Crippen molar-refractivity contribution in [3.63, 3.8) is 0 Å². The van der Waals surface area contributed by atoms with Crippen LogP contribution in [0.3, 0.4) is 0 Å². The number of aromatic nitrogens is 3. The van der Waals surface area contributed by atoms with Crippen LogP contribution in [0.15, 0.2) is 48.0 Å². The van der Waals surface area contributed by atoms with Crippen molar-refractivity contribution < 1.29 is 51.6 Å². The molecular weight excluding hydrogens is 1010 g/mol. The Morgan fingerprint density at radius 2 is 1.86 bits per heavy atom. The summed E-state index contributed by atoms with van der Waals surface area (Å²) in [5.41, 5.74) is 9.39. The predicted molar refractivity (Wildman–Crippen MR) is 284 cm³/mol. The van der Waals surface area contributed by atoms with Crippen LogP contribution in [0.4, 0.5) is 8.78 Å². The Labute approximate surface area is 452 Å². The highest BCUT2D eigenvalue weighted by Crippen LogP contribution is 2.44. The second-order valence-electron chi connectivity index (χ2n) is 22.5. The van der Waals surface area contributed by atoms with Crippen LogP contribution in [-0.4, -0.2) is 169 Å². The van der Waals surface area contributed by atoms with Gasteiger partial charge < -0.3 is 38.3 Å². The molecular formula is C57H70F2N8O9S. The number of ether oxygens (including phenoxy) is 6. The van der Waals surface area contributed by atoms with Gasteiger partial charge in [0.2, 0.25) is 0 Å². The number of pyridine rings is 1. The maximum atomic E-state index is 14.9. The van der Waals surface area contributed by atoms with Crippen LogP contribution in [0.1, 0.15) is 93.3 Å². The van der Waals surface area contributed by atoms with E-state index in [-0.39, 0.29) is 36.3 Å². The average Bonchev–Trinajstić information content (AvgIpc) is 4.18. The summed E-state index contributed by atoms with van der Waals surface area (Å²) in [5, 5.41) is 7.03. The Kier molecular flexibility index (Phi) is 16.0. The van der Waals surface area contributed by atoms with Crippen LogP contribution in [-0.2, 0) is 55.8 Å². The van der Waals surface area contributed by atoms with E-state index in [0.717, 1.165) is 101 Å². The van der Waals surface area contributed by atoms with Crippen molar-refractivity contribution in [1.82, 2.24) is 40.1 Å². The molecule has 3 aromatic heterocycles. The Bertz CT molecular complexity index is 2910. The number of cyclic esters (lactones) is 1. The fourth-order valence-electron chi connectivity index (χ4n) is 11.7. The summed E-state index contributed by atoms with van der Waals surface area (Å²) >= 11 is 1.14. The molecule has 7 fully saturated rings. The molecule has 2 amide bonds. The number of nitrogens with one attached hydrogen (secondary N) is 2. The molecule has 17 nitrogen and oxygen atoms in total. The molecule has 77 heavy (non-hydrogen) atoms. The van der Waals surface area contributed by atoms with E-state index in [1.165, 1.54) is 17.9 Å². The number of alkyl halides is 2. The minimum Gasteiger partial charge on any atom is -0.464 e. The maximum Gasteiger partial charge on any atom is 0.325 e. The number of hydrazine groups is 1. The van der Waals surface area contributed by atoms with E-state index in [4.69, 9.17) is 38.4 Å². The van der Waals surface area contributed by atoms with Gasteiger partial charge in [0, 0.05) is 110 Å². The van der Waals surface area contributed by atoms with E-state index in [2.05, 4.69) is 75.6 Å². The Balaban J connectivity index is 1.04. The predicted octanol–water partition coefficient (Wildman–Crippen LogP) is 6.24. The highest BCUT2D eigenvalue weighted by molar-refractivity contribution is 7.10. The fraction of sp³-hybridized carbons (Fsp3) is 0.596. The summed E-state index contributed by atoms with van der Waals surface area (Å²) in [6.45, 7) is 16.2. The lowest BCUT2D eigenvalue weighted by atomic mass is 9.73. The molecule has 2 saturated carbocycles. The van der Waals surface area contributed by atoms with Gasteiger partial charge in [-0.15, -0.1) is 11.3 Å². The number of methoxy groups -OCH3 is 1. The SMILES string of the molecule is C=C1CO[C@@H]1C(=O)N[C@@H]1C(=O)N2N[C@H](C(=O)OCC(C)(C)Cc3c(-c4cc(C#CCN5CCN(C6CC6)CC5)cnc4[C@H](C)OC)n(CCOC4CCOCC4)c4ccc(cc34)-c3csc(n3)C1OCC(F)F)C1CC2C1. The third-order valence-corrected chi connectivity index (χ3v) is 17.2. The zero-order valence-electron chi connectivity index (χ0n) is 44.4. The van der Waals surface area contributed by atoms with Crippen molar-refractivity contribution in [3.05, 3.63) is 69.8 Å². The van der Waals surface area contributed by atoms with Gasteiger partial charge in [-0.1, -0.05) is 38.3 Å². The van der Waals surface area contributed by atoms with Crippen molar-refractivity contribution >= 4 is 40.0 Å². The highest BCUT2D eigenvalue weighted by atomic mass is 32.1. The quantitative estimate of drug-likeness (QED) is 0.0826. The number of rotatable bonds is 14. The summed E-state index contributed by atoms with van der Waals surface area (Å²) in [5.74, 6) is 4.95. The molecule has 2 N–H and O–H groups in total. The molecule has 9 heterocycles. The van der Waals surface area contributed by atoms with Gasteiger partial charge in [0.15, 0.2) is 6.10 Å². The standard InChI is InChI=1S/C57H70F2N8O9S/c1-33-29-74-51(33)53(68)62-49-52(75-30-46(58)59)54-61-44(31-77-54)36-8-11-45-41(26-36)43(27-57(3,4)32-76-56(70)48-37-24-39(25-37)67(63-48)55(49)69)50(66(45)19-22-73-40-12-20-72-21-13-40)42-23-35(28-60-47(42)34(2)71-5)7-6-14-64-15-17-65(18-16-64)38-9-10-38/h8,11,23,26,28,31,34,37-40,46,48-49,51-52,63H,1,9-10,12-22,24-25,27,29-30,32H2,2-5H3,(H,62,68)/t34-,37?,39?,48-,49-,51-,52?/m0/s1. The molecule has 5 atom stereocenters. The Hall–Kier alpha value is -5.21. The van der Waals surface area contributed by atoms with E-state index < -0.39 is 66.6 Å². The third-order valence-electron chi connectivity index (χ3n) is 16.3. The molecule has 4 aromatic rings. The Morgan fingerprint density at radius 3 is 2.57 bits per heavy atom. The molecule has 1 unspecified atom stereocenters. The molecule has 8 aliphatic rings. The largest absolute Gasteiger partial charge is 0.464 e. The molecule has 2 aliphatic carbocycles. The second-order valence-corrected chi connectivity index (χ2v) is 23.4. The molecule has 8 bridgehead atoms. The van der Waals surface area contributed by atoms with Crippen molar-refractivity contribution in [2.24, 2.45) is 11.3 Å². The van der Waals surface area contributed by atoms with Crippen LogP contribution in [0.2, 0.25) is 0 Å². The number of esters is 1. The van der Waals surface area contributed by atoms with Crippen molar-refractivity contribution in [1.29, 1.82) is 0 Å². The number of thiazole rings is 1. The lowest BCUT2D eigenvalue weighted by molar-refractivity contribution is -0.174. The number of carbonyl (C=O) groups excluding carboxylic acids is 3. The second kappa shape index (κ2) is 22.9. The van der Waals surface area contributed by atoms with Gasteiger partial charge in [-0.25, -0.2) is 19.2 Å². The number of benzene rings is 1. The zero-order valence-corrected chi connectivity index (χ0v) is 45.2. The number of nitrogens with zero attached hydrogens (tertiary/aromatic N) is 6. The third kappa shape index (κ3) is 11.6. The number of hydrogen-bond donors (Lipinski definition) is 2. The summed E-state index contributed by atoms with van der Waals surface area (Å²) in [7, 11) is 1.68. The summed E-state index contributed by atoms with van der Waals surface area (Å²) in [4.78, 5) is 58.3. The lowest BCUT2D eigenvalue weighted by Gasteiger charge is -2.53. The first kappa shape index (κ1) is 53.8. The van der Waals surface area contributed by atoms with Crippen molar-refractivity contribution in [2.75, 3.05) is 79.5 Å². The Morgan fingerprint density at radius 1 is 1.06 bits per heavy atom. The number of amides is 2. The molecule has 1 aromatic carbocycles. The summed E-state index contributed by atoms with van der Waals surface area (Å²) in [6, 6.07) is 6.22. The van der Waals surface area contributed by atoms with Crippen LogP contribution >= 0.6 is 11.3 Å². The monoisotopic (exact) mass is 1080 g/mol. The van der Waals surface area contributed by atoms with E-state index in [1.54, 1.807) is 7.11 Å². The number of fused-ring (bicyclic) bond motifs is 4. The zero-order chi connectivity index (χ0) is 53.5. The molecule has 0 radical (unpaired) electrons. The first-order valence-corrected chi connectivity index (χ1v) is 28.1. The average molecular weight is 1080 g/mol. The molecule has 5 saturated heterocycles. The normalized spacial score (nSPS) is 26.6. The number of carbonyl (C=O) groups is 3. The van der Waals surface area contributed by atoms with Gasteiger partial charge in [-0.05, 0) is 87.1 Å². The van der Waals surface area contributed by atoms with Gasteiger partial charge in [-0.3, -0.25) is 34.2 Å². The van der Waals surface area contributed by atoms with Gasteiger partial charge in [0.25, 0.3) is 18.2 Å². The van der Waals surface area contributed by atoms with E-state index >= 15 is 0 Å². The first-order valence-electron chi connectivity index (χ1n) is 27.3. The van der Waals surface area contributed by atoms with Gasteiger partial charge >= 0.3 is 5.97 Å². The smallest absolute Gasteiger partial charge is 0.325 e. The van der Waals surface area contributed by atoms with Crippen molar-refractivity contribution in [2.45, 2.75) is 127 Å². The highest BCUT2D eigenvalue weighted by Gasteiger charge is 2.53. The molecule has 412 valence electrons. The molecule has 12 rings (SSSR count). The first-order chi connectivity index (χ1) is 37.2. The van der Waals surface area contributed by atoms with Crippen LogP contribution in [0.25, 0.3) is 33.4 Å². The van der Waals surface area contributed by atoms with Crippen LogP contribution in [0.5, 0.6) is 0 Å². The molecule has 0 spiro atoms. The maximum absolute atomic E-state index is 14.9. The topological polar surface area (TPSA) is 171 Å². The minimum atomic E-state index is -2.90. The molecule has 20 heteroatoms. The van der Waals surface area contributed by atoms with E-state index in [1.807, 2.05) is 24.6 Å². The molecule has 6 aliphatic heterocycles. The fourth-order valence-corrected chi connectivity index (χ4v) is 12.6. The number of hydrogen-bond acceptors (Lipinski definition) is 15. The number of halogens is 2. The lowest BCUT2D eigenvalue weighted by Crippen LogP contribution is -2.72. The minimum absolute atomic E-state index is 0.0374. The van der Waals surface area contributed by atoms with Crippen LogP contribution in [0, 0.1) is 23.2 Å².